The number of hydrogen-bond acceptors (Lipinski definition) is 4. The molecule has 1 aromatic carbocycles. The van der Waals surface area contributed by atoms with E-state index < -0.39 is 27.4 Å². The zero-order valence-corrected chi connectivity index (χ0v) is 15.6. The second-order valence-electron chi connectivity index (χ2n) is 7.32. The van der Waals surface area contributed by atoms with Gasteiger partial charge in [0.05, 0.1) is 11.4 Å². The first-order valence-corrected chi connectivity index (χ1v) is 10.5. The van der Waals surface area contributed by atoms with Crippen LogP contribution < -0.4 is 9.62 Å². The third kappa shape index (κ3) is 3.56. The van der Waals surface area contributed by atoms with E-state index in [1.54, 1.807) is 18.2 Å². The maximum absolute atomic E-state index is 12.7. The van der Waals surface area contributed by atoms with E-state index in [9.17, 15) is 23.1 Å². The Bertz CT molecular complexity index is 813. The molecule has 2 fully saturated rings. The largest absolute Gasteiger partial charge is 0.480 e. The van der Waals surface area contributed by atoms with Gasteiger partial charge in [0, 0.05) is 12.1 Å². The summed E-state index contributed by atoms with van der Waals surface area (Å²) in [6.45, 7) is 2.47. The van der Waals surface area contributed by atoms with E-state index >= 15 is 0 Å². The molecule has 1 amide bonds. The van der Waals surface area contributed by atoms with Crippen molar-refractivity contribution in [1.29, 1.82) is 0 Å². The molecule has 0 aromatic heterocycles. The van der Waals surface area contributed by atoms with Crippen LogP contribution in [-0.4, -0.2) is 43.2 Å². The van der Waals surface area contributed by atoms with Crippen molar-refractivity contribution in [2.24, 2.45) is 5.92 Å². The molecule has 2 N–H and O–H groups in total. The molecule has 0 radical (unpaired) electrons. The molecule has 0 spiro atoms. The van der Waals surface area contributed by atoms with E-state index in [2.05, 4.69) is 12.2 Å². The van der Waals surface area contributed by atoms with Crippen LogP contribution in [0, 0.1) is 5.92 Å². The number of amides is 1. The summed E-state index contributed by atoms with van der Waals surface area (Å²) in [5, 5.41) is 12.4. The maximum Gasteiger partial charge on any atom is 0.329 e. The summed E-state index contributed by atoms with van der Waals surface area (Å²) in [4.78, 5) is 24.5. The third-order valence-electron chi connectivity index (χ3n) is 5.39. The van der Waals surface area contributed by atoms with Crippen molar-refractivity contribution in [3.63, 3.8) is 0 Å². The van der Waals surface area contributed by atoms with Crippen LogP contribution in [-0.2, 0) is 14.8 Å². The number of carboxylic acid groups (broad SMARTS) is 1. The summed E-state index contributed by atoms with van der Waals surface area (Å²) < 4.78 is 25.5. The zero-order valence-electron chi connectivity index (χ0n) is 14.8. The van der Waals surface area contributed by atoms with Crippen molar-refractivity contribution in [3.8, 4) is 0 Å². The van der Waals surface area contributed by atoms with E-state index in [0.717, 1.165) is 12.8 Å². The molecule has 3 rings (SSSR count). The first kappa shape index (κ1) is 18.7. The number of aliphatic carboxylic acids is 1. The Morgan fingerprint density at radius 3 is 2.54 bits per heavy atom. The van der Waals surface area contributed by atoms with Crippen molar-refractivity contribution in [1.82, 2.24) is 5.32 Å². The Hall–Kier alpha value is -2.09. The van der Waals surface area contributed by atoms with Gasteiger partial charge in [-0.1, -0.05) is 13.0 Å². The number of sulfonamides is 1. The van der Waals surface area contributed by atoms with Crippen molar-refractivity contribution < 1.29 is 23.1 Å². The molecule has 142 valence electrons. The number of hydrogen-bond donors (Lipinski definition) is 2. The number of benzene rings is 1. The van der Waals surface area contributed by atoms with Gasteiger partial charge in [0.2, 0.25) is 10.0 Å². The molecule has 1 saturated heterocycles. The van der Waals surface area contributed by atoms with Crippen LogP contribution in [0.5, 0.6) is 0 Å². The lowest BCUT2D eigenvalue weighted by Gasteiger charge is -2.36. The number of nitrogens with zero attached hydrogens (tertiary/aromatic N) is 1. The van der Waals surface area contributed by atoms with Gasteiger partial charge in [0.25, 0.3) is 5.91 Å². The van der Waals surface area contributed by atoms with E-state index in [1.165, 1.54) is 10.4 Å². The number of anilines is 1. The van der Waals surface area contributed by atoms with Gasteiger partial charge < -0.3 is 10.4 Å². The molecule has 0 bridgehead atoms. The molecule has 26 heavy (non-hydrogen) atoms. The normalized spacial score (nSPS) is 27.9. The van der Waals surface area contributed by atoms with Crippen molar-refractivity contribution in [3.05, 3.63) is 29.8 Å². The molecule has 7 nitrogen and oxygen atoms in total. The predicted octanol–water partition coefficient (Wildman–Crippen LogP) is 1.99. The van der Waals surface area contributed by atoms with Gasteiger partial charge in [-0.15, -0.1) is 0 Å². The van der Waals surface area contributed by atoms with Crippen molar-refractivity contribution in [2.75, 3.05) is 16.6 Å². The smallest absolute Gasteiger partial charge is 0.329 e. The quantitative estimate of drug-likeness (QED) is 0.831. The molecule has 1 aliphatic heterocycles. The molecule has 1 saturated carbocycles. The van der Waals surface area contributed by atoms with Crippen LogP contribution in [0.25, 0.3) is 0 Å². The summed E-state index contributed by atoms with van der Waals surface area (Å²) in [6, 6.07) is 6.35. The summed E-state index contributed by atoms with van der Waals surface area (Å²) in [6.07, 6.45) is 2.85. The van der Waals surface area contributed by atoms with Gasteiger partial charge in [0.15, 0.2) is 0 Å². The minimum absolute atomic E-state index is 0.101. The fourth-order valence-corrected chi connectivity index (χ4v) is 5.22. The maximum atomic E-state index is 12.7. The first-order valence-electron chi connectivity index (χ1n) is 8.90. The molecular formula is C18H24N2O5S. The number of rotatable bonds is 4. The molecule has 0 unspecified atom stereocenters. The number of carbonyl (C=O) groups is 2. The van der Waals surface area contributed by atoms with Crippen LogP contribution in [0.1, 0.15) is 49.4 Å². The van der Waals surface area contributed by atoms with E-state index in [4.69, 9.17) is 0 Å². The molecule has 1 heterocycles. The minimum Gasteiger partial charge on any atom is -0.480 e. The fraction of sp³-hybridized carbons (Fsp3) is 0.556. The highest BCUT2D eigenvalue weighted by atomic mass is 32.2. The topological polar surface area (TPSA) is 104 Å². The highest BCUT2D eigenvalue weighted by Crippen LogP contribution is 2.33. The monoisotopic (exact) mass is 380 g/mol. The van der Waals surface area contributed by atoms with Crippen LogP contribution in [0.4, 0.5) is 5.69 Å². The van der Waals surface area contributed by atoms with Gasteiger partial charge in [-0.2, -0.15) is 0 Å². The molecule has 8 heteroatoms. The predicted molar refractivity (Wildman–Crippen MR) is 97.7 cm³/mol. The van der Waals surface area contributed by atoms with Crippen LogP contribution in [0.3, 0.4) is 0 Å². The Kier molecular flexibility index (Phi) is 4.96. The highest BCUT2D eigenvalue weighted by molar-refractivity contribution is 7.93. The first-order chi connectivity index (χ1) is 12.2. The van der Waals surface area contributed by atoms with Crippen LogP contribution in [0.15, 0.2) is 24.3 Å². The average Bonchev–Trinajstić information content (AvgIpc) is 2.96. The van der Waals surface area contributed by atoms with Gasteiger partial charge in [-0.25, -0.2) is 13.2 Å². The third-order valence-corrected chi connectivity index (χ3v) is 7.26. The van der Waals surface area contributed by atoms with Gasteiger partial charge >= 0.3 is 5.97 Å². The Morgan fingerprint density at radius 2 is 1.96 bits per heavy atom. The lowest BCUT2D eigenvalue weighted by molar-refractivity contribution is -0.146. The number of nitrogens with one attached hydrogen (secondary N) is 1. The Labute approximate surface area is 153 Å². The van der Waals surface area contributed by atoms with Gasteiger partial charge in [-0.3, -0.25) is 9.10 Å². The number of carboxylic acids is 1. The SMILES string of the molecule is CC1CCC(NC(=O)c2cccc(N3CCCS3(=O)=O)c2)(C(=O)O)CC1. The Balaban J connectivity index is 1.82. The minimum atomic E-state index is -3.33. The Morgan fingerprint density at radius 1 is 1.27 bits per heavy atom. The summed E-state index contributed by atoms with van der Waals surface area (Å²) in [5.41, 5.74) is -0.542. The second kappa shape index (κ2) is 6.90. The van der Waals surface area contributed by atoms with E-state index in [0.29, 0.717) is 37.4 Å². The molecule has 2 aliphatic rings. The van der Waals surface area contributed by atoms with Crippen molar-refractivity contribution in [2.45, 2.75) is 44.6 Å². The highest BCUT2D eigenvalue weighted by Gasteiger charge is 2.42. The number of carbonyl (C=O) groups excluding carboxylic acids is 1. The standard InChI is InChI=1S/C18H24N2O5S/c1-13-6-8-18(9-7-13,17(22)23)19-16(21)14-4-2-5-15(12-14)20-10-3-11-26(20,24)25/h2,4-5,12-13H,3,6-11H2,1H3,(H,19,21)(H,22,23). The summed E-state index contributed by atoms with van der Waals surface area (Å²) in [7, 11) is -3.33. The van der Waals surface area contributed by atoms with Gasteiger partial charge in [-0.05, 0) is 56.2 Å². The van der Waals surface area contributed by atoms with Gasteiger partial charge in [0.1, 0.15) is 5.54 Å². The fourth-order valence-electron chi connectivity index (χ4n) is 3.67. The molecule has 1 aliphatic carbocycles. The lowest BCUT2D eigenvalue weighted by atomic mass is 9.77. The van der Waals surface area contributed by atoms with E-state index in [1.807, 2.05) is 0 Å². The van der Waals surface area contributed by atoms with E-state index in [-0.39, 0.29) is 11.3 Å². The van der Waals surface area contributed by atoms with Crippen molar-refractivity contribution >= 4 is 27.6 Å². The van der Waals surface area contributed by atoms with Crippen LogP contribution >= 0.6 is 0 Å². The zero-order chi connectivity index (χ0) is 18.9. The molecule has 1 aromatic rings. The molecular weight excluding hydrogens is 356 g/mol. The molecule has 0 atom stereocenters. The summed E-state index contributed by atoms with van der Waals surface area (Å²) >= 11 is 0. The average molecular weight is 380 g/mol. The second-order valence-corrected chi connectivity index (χ2v) is 9.33. The lowest BCUT2D eigenvalue weighted by Crippen LogP contribution is -2.56. The van der Waals surface area contributed by atoms with Crippen LogP contribution in [0.2, 0.25) is 0 Å². The summed E-state index contributed by atoms with van der Waals surface area (Å²) in [5.74, 6) is -0.955.